The van der Waals surface area contributed by atoms with Gasteiger partial charge in [0.05, 0.1) is 20.8 Å². The summed E-state index contributed by atoms with van der Waals surface area (Å²) >= 11 is 0. The smallest absolute Gasteiger partial charge is 0.280 e. The Labute approximate surface area is 214 Å². The van der Waals surface area contributed by atoms with Crippen LogP contribution in [0.25, 0.3) is 11.1 Å². The maximum absolute atomic E-state index is 13.3. The van der Waals surface area contributed by atoms with E-state index in [1.165, 1.54) is 32.7 Å². The molecule has 0 unspecified atom stereocenters. The number of benzene rings is 1. The van der Waals surface area contributed by atoms with Gasteiger partial charge in [-0.25, -0.2) is 9.97 Å². The van der Waals surface area contributed by atoms with Crippen LogP contribution in [0.3, 0.4) is 0 Å². The molecule has 11 nitrogen and oxygen atoms in total. The van der Waals surface area contributed by atoms with Crippen LogP contribution in [0.15, 0.2) is 72.6 Å². The number of aromatic nitrogens is 3. The molecule has 0 saturated carbocycles. The molecule has 0 atom stereocenters. The zero-order valence-electron chi connectivity index (χ0n) is 20.4. The van der Waals surface area contributed by atoms with Gasteiger partial charge in [-0.3, -0.25) is 15.0 Å². The maximum Gasteiger partial charge on any atom is 0.280 e. The van der Waals surface area contributed by atoms with Gasteiger partial charge in [0, 0.05) is 18.0 Å². The normalized spacial score (nSPS) is 13.1. The Balaban J connectivity index is 1.82. The number of nitrogens with zero attached hydrogens (tertiary/aromatic N) is 4. The van der Waals surface area contributed by atoms with Gasteiger partial charge in [0.25, 0.3) is 15.9 Å². The first-order chi connectivity index (χ1) is 17.7. The molecule has 192 valence electrons. The minimum absolute atomic E-state index is 0.0278. The Bertz CT molecular complexity index is 1490. The second-order valence-electron chi connectivity index (χ2n) is 7.86. The summed E-state index contributed by atoms with van der Waals surface area (Å²) in [4.78, 5) is 12.9. The molecule has 4 rings (SSSR count). The average molecular weight is 524 g/mol. The van der Waals surface area contributed by atoms with E-state index in [1.807, 2.05) is 0 Å². The van der Waals surface area contributed by atoms with Gasteiger partial charge < -0.3 is 14.2 Å². The van der Waals surface area contributed by atoms with Gasteiger partial charge in [-0.2, -0.15) is 13.4 Å². The third-order valence-electron chi connectivity index (χ3n) is 5.23. The first-order valence-corrected chi connectivity index (χ1v) is 12.5. The predicted octanol–water partition coefficient (Wildman–Crippen LogP) is 4.12. The van der Waals surface area contributed by atoms with E-state index < -0.39 is 10.0 Å². The number of ether oxygens (including phenoxy) is 3. The number of sulfonamides is 1. The Hall–Kier alpha value is -4.42. The van der Waals surface area contributed by atoms with E-state index in [1.54, 1.807) is 49.4 Å². The van der Waals surface area contributed by atoms with Crippen molar-refractivity contribution >= 4 is 27.0 Å². The highest BCUT2D eigenvalue weighted by Gasteiger charge is 2.26. The lowest BCUT2D eigenvalue weighted by Crippen LogP contribution is -2.18. The average Bonchev–Trinajstić information content (AvgIpc) is 2.90. The van der Waals surface area contributed by atoms with Crippen molar-refractivity contribution in [1.82, 2.24) is 20.0 Å². The Morgan fingerprint density at radius 1 is 1.11 bits per heavy atom. The Morgan fingerprint density at radius 2 is 1.86 bits per heavy atom. The molecule has 1 aliphatic heterocycles. The molecular weight excluding hydrogens is 498 g/mol. The van der Waals surface area contributed by atoms with Crippen molar-refractivity contribution in [2.45, 2.75) is 11.9 Å². The highest BCUT2D eigenvalue weighted by molar-refractivity contribution is 7.92. The first-order valence-electron chi connectivity index (χ1n) is 11.0. The van der Waals surface area contributed by atoms with Gasteiger partial charge in [-0.05, 0) is 42.3 Å². The van der Waals surface area contributed by atoms with Gasteiger partial charge in [0.1, 0.15) is 0 Å². The van der Waals surface area contributed by atoms with Crippen LogP contribution < -0.4 is 18.9 Å². The van der Waals surface area contributed by atoms with Crippen LogP contribution in [0.4, 0.5) is 5.82 Å². The lowest BCUT2D eigenvalue weighted by Gasteiger charge is -2.19. The second-order valence-corrected chi connectivity index (χ2v) is 9.48. The highest BCUT2D eigenvalue weighted by atomic mass is 32.2. The van der Waals surface area contributed by atoms with Crippen LogP contribution in [0.2, 0.25) is 0 Å². The number of hydrogen-bond acceptors (Lipinski definition) is 10. The maximum atomic E-state index is 13.3. The number of rotatable bonds is 9. The molecule has 1 aromatic carbocycles. The molecule has 2 N–H and O–H groups in total. The fraction of sp³-hybridized carbons (Fsp3) is 0.160. The zero-order chi connectivity index (χ0) is 26.6. The fourth-order valence-electron chi connectivity index (χ4n) is 3.30. The summed E-state index contributed by atoms with van der Waals surface area (Å²) in [6.07, 6.45) is 6.11. The van der Waals surface area contributed by atoms with Crippen LogP contribution in [0, 0.1) is 0 Å². The van der Waals surface area contributed by atoms with Crippen LogP contribution in [0.5, 0.6) is 23.1 Å². The predicted molar refractivity (Wildman–Crippen MR) is 137 cm³/mol. The molecule has 0 amide bonds. The van der Waals surface area contributed by atoms with E-state index >= 15 is 0 Å². The lowest BCUT2D eigenvalue weighted by molar-refractivity contribution is -0.0299. The first kappa shape index (κ1) is 25.7. The molecule has 0 radical (unpaired) electrons. The molecular formula is C25H25N5O6S. The van der Waals surface area contributed by atoms with E-state index in [4.69, 9.17) is 14.2 Å². The summed E-state index contributed by atoms with van der Waals surface area (Å²) in [5, 5.41) is 10.4. The molecule has 37 heavy (non-hydrogen) atoms. The summed E-state index contributed by atoms with van der Waals surface area (Å²) in [6.45, 7) is 5.82. The summed E-state index contributed by atoms with van der Waals surface area (Å²) in [6, 6.07) is 9.80. The number of nitrogens with one attached hydrogen (secondary N) is 1. The quantitative estimate of drug-likeness (QED) is 0.421. The van der Waals surface area contributed by atoms with Crippen molar-refractivity contribution in [2.75, 3.05) is 25.5 Å². The summed E-state index contributed by atoms with van der Waals surface area (Å²) in [7, 11) is -1.35. The second kappa shape index (κ2) is 10.7. The minimum atomic E-state index is -4.20. The van der Waals surface area contributed by atoms with Gasteiger partial charge in [0.15, 0.2) is 28.2 Å². The van der Waals surface area contributed by atoms with E-state index in [2.05, 4.69) is 26.3 Å². The molecule has 2 aromatic heterocycles. The molecule has 0 saturated heterocycles. The number of methoxy groups -OCH3 is 2. The van der Waals surface area contributed by atoms with Crippen molar-refractivity contribution in [3.63, 3.8) is 0 Å². The minimum Gasteiger partial charge on any atom is -0.493 e. The van der Waals surface area contributed by atoms with Crippen molar-refractivity contribution in [3.8, 4) is 23.1 Å². The van der Waals surface area contributed by atoms with Crippen LogP contribution in [0.1, 0.15) is 18.3 Å². The summed E-state index contributed by atoms with van der Waals surface area (Å²) in [5.41, 5.74) is 1.99. The van der Waals surface area contributed by atoms with Crippen molar-refractivity contribution in [1.29, 1.82) is 0 Å². The van der Waals surface area contributed by atoms with E-state index in [0.717, 1.165) is 10.6 Å². The third kappa shape index (κ3) is 5.71. The van der Waals surface area contributed by atoms with Gasteiger partial charge >= 0.3 is 0 Å². The van der Waals surface area contributed by atoms with Crippen LogP contribution in [-0.4, -0.2) is 54.4 Å². The molecule has 12 heteroatoms. The molecule has 3 heterocycles. The molecule has 0 aliphatic carbocycles. The molecule has 1 aliphatic rings. The molecule has 0 fully saturated rings. The highest BCUT2D eigenvalue weighted by Crippen LogP contribution is 2.41. The lowest BCUT2D eigenvalue weighted by atomic mass is 10.2. The molecule has 3 aromatic rings. The topological polar surface area (TPSA) is 136 Å². The number of hydrogen-bond donors (Lipinski definition) is 2. The number of allylic oxidation sites excluding steroid dienone is 3. The largest absolute Gasteiger partial charge is 0.493 e. The SMILES string of the molecule is C=C(C)c1ccc(S(=O)(=O)Nc2nc(C3=CCN(O)C=C3)nc(OC)c2Oc2ccccc2OC)nc1. The van der Waals surface area contributed by atoms with Crippen LogP contribution >= 0.6 is 0 Å². The van der Waals surface area contributed by atoms with Gasteiger partial charge in [-0.15, -0.1) is 0 Å². The summed E-state index contributed by atoms with van der Waals surface area (Å²) < 4.78 is 45.9. The summed E-state index contributed by atoms with van der Waals surface area (Å²) in [5.74, 6) is 0.551. The standard InChI is InChI=1S/C25H25N5O6S/c1-16(2)18-9-10-21(26-15-18)37(32,33)29-24-22(36-20-8-6-5-7-19(20)34-3)25(35-4)28-23(27-24)17-11-13-30(31)14-12-17/h5-13,15,31H,1,14H2,2-4H3,(H,27,28,29). The fourth-order valence-corrected chi connectivity index (χ4v) is 4.23. The van der Waals surface area contributed by atoms with Gasteiger partial charge in [0.2, 0.25) is 5.75 Å². The Morgan fingerprint density at radius 3 is 2.46 bits per heavy atom. The van der Waals surface area contributed by atoms with Crippen LogP contribution in [-0.2, 0) is 10.0 Å². The van der Waals surface area contributed by atoms with Gasteiger partial charge in [-0.1, -0.05) is 30.9 Å². The number of pyridine rings is 1. The number of para-hydroxylation sites is 2. The van der Waals surface area contributed by atoms with Crippen molar-refractivity contribution in [3.05, 3.63) is 78.9 Å². The number of hydroxylamine groups is 2. The van der Waals surface area contributed by atoms with E-state index in [-0.39, 0.29) is 40.6 Å². The molecule has 0 bridgehead atoms. The number of anilines is 1. The monoisotopic (exact) mass is 523 g/mol. The van der Waals surface area contributed by atoms with E-state index in [0.29, 0.717) is 16.9 Å². The zero-order valence-corrected chi connectivity index (χ0v) is 21.2. The van der Waals surface area contributed by atoms with Crippen molar-refractivity contribution < 1.29 is 27.8 Å². The third-order valence-corrected chi connectivity index (χ3v) is 6.48. The van der Waals surface area contributed by atoms with E-state index in [9.17, 15) is 13.6 Å². The molecule has 0 spiro atoms. The van der Waals surface area contributed by atoms with Crippen molar-refractivity contribution in [2.24, 2.45) is 0 Å². The Kier molecular flexibility index (Phi) is 7.41.